The topological polar surface area (TPSA) is 55.1 Å². The quantitative estimate of drug-likeness (QED) is 0.807. The smallest absolute Gasteiger partial charge is 0.137 e. The van der Waals surface area contributed by atoms with Gasteiger partial charge in [0.2, 0.25) is 0 Å². The van der Waals surface area contributed by atoms with E-state index in [9.17, 15) is 0 Å². The van der Waals surface area contributed by atoms with Gasteiger partial charge in [0.15, 0.2) is 0 Å². The number of nitrogens with zero attached hydrogens (tertiary/aromatic N) is 4. The van der Waals surface area contributed by atoms with Gasteiger partial charge in [0, 0.05) is 12.4 Å². The number of aromatic nitrogens is 4. The lowest BCUT2D eigenvalue weighted by Gasteiger charge is -2.07. The van der Waals surface area contributed by atoms with Gasteiger partial charge in [-0.05, 0) is 44.0 Å². The van der Waals surface area contributed by atoms with Gasteiger partial charge in [0.1, 0.15) is 11.3 Å². The van der Waals surface area contributed by atoms with E-state index in [0.717, 1.165) is 42.2 Å². The molecule has 1 atom stereocenters. The molecule has 3 aromatic rings. The lowest BCUT2D eigenvalue weighted by atomic mass is 10.0. The average Bonchev–Trinajstić information content (AvgIpc) is 3.17. The molecule has 0 aliphatic carbocycles. The fourth-order valence-corrected chi connectivity index (χ4v) is 3.08. The van der Waals surface area contributed by atoms with Gasteiger partial charge in [0.05, 0.1) is 28.8 Å². The highest BCUT2D eigenvalue weighted by Gasteiger charge is 2.16. The van der Waals surface area contributed by atoms with Gasteiger partial charge in [-0.3, -0.25) is 14.4 Å². The van der Waals surface area contributed by atoms with Crippen LogP contribution < -0.4 is 5.32 Å². The highest BCUT2D eigenvalue weighted by atomic mass is 35.5. The molecule has 1 N–H and O–H groups in total. The number of rotatable bonds is 3. The Morgan fingerprint density at radius 1 is 1.18 bits per heavy atom. The predicted molar refractivity (Wildman–Crippen MR) is 85.9 cm³/mol. The Morgan fingerprint density at radius 3 is 2.91 bits per heavy atom. The first kappa shape index (κ1) is 13.7. The third-order valence-electron chi connectivity index (χ3n) is 4.10. The molecule has 1 fully saturated rings. The maximum atomic E-state index is 6.06. The zero-order chi connectivity index (χ0) is 14.9. The van der Waals surface area contributed by atoms with Crippen LogP contribution in [0.1, 0.15) is 12.1 Å². The van der Waals surface area contributed by atoms with E-state index < -0.39 is 0 Å². The summed E-state index contributed by atoms with van der Waals surface area (Å²) in [4.78, 5) is 13.5. The second kappa shape index (κ2) is 5.66. The zero-order valence-electron chi connectivity index (χ0n) is 12.0. The van der Waals surface area contributed by atoms with Crippen LogP contribution in [0.3, 0.4) is 0 Å². The summed E-state index contributed by atoms with van der Waals surface area (Å²) < 4.78 is 1.94. The standard InChI is InChI=1S/C16H16ClN5/c17-12-1-2-16-21-9-15(22(16)10-12)14-8-19-13(7-20-14)5-11-3-4-18-6-11/h1-2,7-11,18H,3-6H2/t11-/m1/s1. The molecule has 4 rings (SSSR count). The van der Waals surface area contributed by atoms with Crippen molar-refractivity contribution in [2.45, 2.75) is 12.8 Å². The van der Waals surface area contributed by atoms with Gasteiger partial charge in [-0.25, -0.2) is 4.98 Å². The van der Waals surface area contributed by atoms with E-state index in [1.54, 1.807) is 6.20 Å². The Balaban J connectivity index is 1.62. The molecule has 0 radical (unpaired) electrons. The fourth-order valence-electron chi connectivity index (χ4n) is 2.92. The van der Waals surface area contributed by atoms with E-state index >= 15 is 0 Å². The van der Waals surface area contributed by atoms with Gasteiger partial charge < -0.3 is 5.32 Å². The summed E-state index contributed by atoms with van der Waals surface area (Å²) in [6.07, 6.45) is 9.55. The van der Waals surface area contributed by atoms with Gasteiger partial charge in [-0.2, -0.15) is 0 Å². The molecule has 0 aromatic carbocycles. The SMILES string of the molecule is Clc1ccc2ncc(-c3cnc(C[C@H]4CCNC4)cn3)n2c1. The predicted octanol–water partition coefficient (Wildman–Crippen LogP) is 2.60. The van der Waals surface area contributed by atoms with Crippen LogP contribution in [0.25, 0.3) is 17.0 Å². The summed E-state index contributed by atoms with van der Waals surface area (Å²) in [5, 5.41) is 4.05. The summed E-state index contributed by atoms with van der Waals surface area (Å²) in [5.41, 5.74) is 3.61. The molecule has 6 heteroatoms. The minimum absolute atomic E-state index is 0.671. The average molecular weight is 314 g/mol. The van der Waals surface area contributed by atoms with E-state index in [1.165, 1.54) is 6.42 Å². The van der Waals surface area contributed by atoms with Crippen LogP contribution in [-0.4, -0.2) is 32.4 Å². The summed E-state index contributed by atoms with van der Waals surface area (Å²) in [5.74, 6) is 0.676. The molecule has 0 unspecified atom stereocenters. The summed E-state index contributed by atoms with van der Waals surface area (Å²) in [6.45, 7) is 2.19. The van der Waals surface area contributed by atoms with Crippen molar-refractivity contribution in [2.24, 2.45) is 5.92 Å². The number of hydrogen-bond acceptors (Lipinski definition) is 4. The monoisotopic (exact) mass is 313 g/mol. The third kappa shape index (κ3) is 2.58. The lowest BCUT2D eigenvalue weighted by Crippen LogP contribution is -2.11. The molecule has 0 spiro atoms. The second-order valence-electron chi connectivity index (χ2n) is 5.67. The highest BCUT2D eigenvalue weighted by molar-refractivity contribution is 6.30. The first-order valence-corrected chi connectivity index (χ1v) is 7.82. The first-order valence-electron chi connectivity index (χ1n) is 7.44. The molecule has 5 nitrogen and oxygen atoms in total. The van der Waals surface area contributed by atoms with E-state index in [-0.39, 0.29) is 0 Å². The first-order chi connectivity index (χ1) is 10.8. The van der Waals surface area contributed by atoms with E-state index in [4.69, 9.17) is 11.6 Å². The number of hydrogen-bond donors (Lipinski definition) is 1. The van der Waals surface area contributed by atoms with Crippen LogP contribution in [0, 0.1) is 5.92 Å². The number of halogens is 1. The molecular weight excluding hydrogens is 298 g/mol. The van der Waals surface area contributed by atoms with Crippen LogP contribution in [-0.2, 0) is 6.42 Å². The Labute approximate surface area is 133 Å². The normalized spacial score (nSPS) is 18.1. The molecule has 1 saturated heterocycles. The molecule has 22 heavy (non-hydrogen) atoms. The number of fused-ring (bicyclic) bond motifs is 1. The maximum Gasteiger partial charge on any atom is 0.137 e. The van der Waals surface area contributed by atoms with Crippen LogP contribution in [0.2, 0.25) is 5.02 Å². The molecule has 0 bridgehead atoms. The van der Waals surface area contributed by atoms with Crippen molar-refractivity contribution < 1.29 is 0 Å². The van der Waals surface area contributed by atoms with Crippen LogP contribution in [0.5, 0.6) is 0 Å². The van der Waals surface area contributed by atoms with Crippen molar-refractivity contribution in [1.82, 2.24) is 24.7 Å². The van der Waals surface area contributed by atoms with E-state index in [0.29, 0.717) is 10.9 Å². The largest absolute Gasteiger partial charge is 0.316 e. The van der Waals surface area contributed by atoms with E-state index in [2.05, 4.69) is 20.3 Å². The molecule has 3 aromatic heterocycles. The Morgan fingerprint density at radius 2 is 2.14 bits per heavy atom. The highest BCUT2D eigenvalue weighted by Crippen LogP contribution is 2.21. The van der Waals surface area contributed by atoms with Crippen molar-refractivity contribution in [3.63, 3.8) is 0 Å². The van der Waals surface area contributed by atoms with Crippen molar-refractivity contribution >= 4 is 17.2 Å². The van der Waals surface area contributed by atoms with Gasteiger partial charge >= 0.3 is 0 Å². The van der Waals surface area contributed by atoms with Crippen molar-refractivity contribution in [3.05, 3.63) is 47.6 Å². The minimum atomic E-state index is 0.671. The third-order valence-corrected chi connectivity index (χ3v) is 4.32. The fraction of sp³-hybridized carbons (Fsp3) is 0.312. The van der Waals surface area contributed by atoms with Crippen molar-refractivity contribution in [2.75, 3.05) is 13.1 Å². The molecule has 0 saturated carbocycles. The Kier molecular flexibility index (Phi) is 3.52. The van der Waals surface area contributed by atoms with Gasteiger partial charge in [-0.15, -0.1) is 0 Å². The van der Waals surface area contributed by atoms with Crippen LogP contribution in [0.15, 0.2) is 36.9 Å². The second-order valence-corrected chi connectivity index (χ2v) is 6.11. The van der Waals surface area contributed by atoms with E-state index in [1.807, 2.05) is 35.1 Å². The molecule has 112 valence electrons. The number of nitrogens with one attached hydrogen (secondary N) is 1. The van der Waals surface area contributed by atoms with Crippen LogP contribution >= 0.6 is 11.6 Å². The van der Waals surface area contributed by atoms with Crippen molar-refractivity contribution in [3.8, 4) is 11.4 Å². The number of pyridine rings is 1. The Bertz CT molecular complexity index is 790. The molecule has 4 heterocycles. The van der Waals surface area contributed by atoms with Crippen LogP contribution in [0.4, 0.5) is 0 Å². The lowest BCUT2D eigenvalue weighted by molar-refractivity contribution is 0.570. The zero-order valence-corrected chi connectivity index (χ0v) is 12.8. The molecule has 1 aliphatic rings. The molecule has 0 amide bonds. The van der Waals surface area contributed by atoms with Crippen molar-refractivity contribution in [1.29, 1.82) is 0 Å². The minimum Gasteiger partial charge on any atom is -0.316 e. The summed E-state index contributed by atoms with van der Waals surface area (Å²) >= 11 is 6.06. The summed E-state index contributed by atoms with van der Waals surface area (Å²) in [7, 11) is 0. The number of imidazole rings is 1. The Hall–Kier alpha value is -1.98. The molecular formula is C16H16ClN5. The van der Waals surface area contributed by atoms with Gasteiger partial charge in [-0.1, -0.05) is 11.6 Å². The summed E-state index contributed by atoms with van der Waals surface area (Å²) in [6, 6.07) is 3.72. The molecule has 1 aliphatic heterocycles. The maximum absolute atomic E-state index is 6.06. The van der Waals surface area contributed by atoms with Gasteiger partial charge in [0.25, 0.3) is 0 Å².